The first-order valence-electron chi connectivity index (χ1n) is 11.6. The number of aromatic nitrogens is 2. The van der Waals surface area contributed by atoms with Gasteiger partial charge in [0.2, 0.25) is 0 Å². The van der Waals surface area contributed by atoms with Gasteiger partial charge in [-0.25, -0.2) is 4.68 Å². The molecule has 0 radical (unpaired) electrons. The fraction of sp³-hybridized carbons (Fsp3) is 0.560. The predicted molar refractivity (Wildman–Crippen MR) is 124 cm³/mol. The molecule has 1 aromatic heterocycles. The van der Waals surface area contributed by atoms with Crippen molar-refractivity contribution in [1.29, 1.82) is 0 Å². The van der Waals surface area contributed by atoms with Crippen LogP contribution in [0.4, 0.5) is 5.69 Å². The zero-order valence-corrected chi connectivity index (χ0v) is 19.2. The van der Waals surface area contributed by atoms with Crippen molar-refractivity contribution in [2.75, 3.05) is 11.9 Å². The average molecular weight is 456 g/mol. The van der Waals surface area contributed by atoms with Crippen molar-refractivity contribution in [3.8, 4) is 0 Å². The highest BCUT2D eigenvalue weighted by molar-refractivity contribution is 6.32. The van der Waals surface area contributed by atoms with Gasteiger partial charge in [0, 0.05) is 6.54 Å². The lowest BCUT2D eigenvalue weighted by atomic mass is 9.46. The molecule has 0 saturated heterocycles. The predicted octanol–water partition coefficient (Wildman–Crippen LogP) is 4.63. The molecule has 2 N–H and O–H groups in total. The van der Waals surface area contributed by atoms with Crippen LogP contribution in [0.15, 0.2) is 35.3 Å². The third kappa shape index (κ3) is 3.83. The van der Waals surface area contributed by atoms with Crippen LogP contribution in [0.5, 0.6) is 0 Å². The number of anilines is 1. The van der Waals surface area contributed by atoms with Gasteiger partial charge < -0.3 is 10.4 Å². The Kier molecular flexibility index (Phi) is 5.31. The van der Waals surface area contributed by atoms with Gasteiger partial charge in [-0.2, -0.15) is 5.10 Å². The number of benzene rings is 1. The van der Waals surface area contributed by atoms with Gasteiger partial charge in [-0.05, 0) is 74.7 Å². The number of nitrogens with one attached hydrogen (secondary N) is 1. The van der Waals surface area contributed by atoms with Crippen molar-refractivity contribution >= 4 is 23.3 Å². The largest absolute Gasteiger partial charge is 0.481 e. The summed E-state index contributed by atoms with van der Waals surface area (Å²) in [6.45, 7) is 2.73. The Bertz CT molecular complexity index is 1100. The monoisotopic (exact) mass is 455 g/mol. The first-order chi connectivity index (χ1) is 15.3. The van der Waals surface area contributed by atoms with E-state index in [1.54, 1.807) is 10.9 Å². The minimum Gasteiger partial charge on any atom is -0.481 e. The van der Waals surface area contributed by atoms with E-state index in [9.17, 15) is 14.7 Å². The quantitative estimate of drug-likeness (QED) is 0.635. The number of aryl methyl sites for hydroxylation is 1. The van der Waals surface area contributed by atoms with Gasteiger partial charge in [0.05, 0.1) is 23.8 Å². The van der Waals surface area contributed by atoms with Gasteiger partial charge >= 0.3 is 5.97 Å². The van der Waals surface area contributed by atoms with Crippen LogP contribution in [0.3, 0.4) is 0 Å². The fourth-order valence-corrected chi connectivity index (χ4v) is 7.48. The van der Waals surface area contributed by atoms with E-state index in [1.165, 1.54) is 11.1 Å². The molecule has 7 heteroatoms. The summed E-state index contributed by atoms with van der Waals surface area (Å²) in [4.78, 5) is 24.9. The standard InChI is InChI=1S/C25H30ClN3O3/c1-16-3-2-4-17(7-16)5-6-27-20-14-28-29(23(32)22(20)26)25-11-18-8-19(12-25)10-24(9-18,15-25)13-21(30)31/h2-4,7,14,18-19,27H,5-6,8-13,15H2,1H3,(H,30,31). The maximum atomic E-state index is 13.3. The summed E-state index contributed by atoms with van der Waals surface area (Å²) in [6.07, 6.45) is 8.24. The van der Waals surface area contributed by atoms with Crippen LogP contribution in [0.1, 0.15) is 56.1 Å². The molecular weight excluding hydrogens is 426 g/mol. The minimum atomic E-state index is -0.742. The van der Waals surface area contributed by atoms with Crippen LogP contribution in [-0.2, 0) is 16.8 Å². The molecule has 0 amide bonds. The molecule has 4 bridgehead atoms. The van der Waals surface area contributed by atoms with Crippen molar-refractivity contribution in [3.05, 3.63) is 57.0 Å². The zero-order valence-electron chi connectivity index (χ0n) is 18.4. The first-order valence-corrected chi connectivity index (χ1v) is 11.9. The van der Waals surface area contributed by atoms with Crippen molar-refractivity contribution in [2.24, 2.45) is 17.3 Å². The molecule has 4 saturated carbocycles. The molecular formula is C25H30ClN3O3. The second-order valence-corrected chi connectivity index (χ2v) is 10.9. The molecule has 170 valence electrons. The average Bonchev–Trinajstić information content (AvgIpc) is 2.69. The van der Waals surface area contributed by atoms with E-state index in [2.05, 4.69) is 35.5 Å². The van der Waals surface area contributed by atoms with E-state index in [1.807, 2.05) is 6.07 Å². The number of hydrogen-bond donors (Lipinski definition) is 2. The fourth-order valence-electron chi connectivity index (χ4n) is 7.28. The summed E-state index contributed by atoms with van der Waals surface area (Å²) < 4.78 is 1.61. The summed E-state index contributed by atoms with van der Waals surface area (Å²) in [5.74, 6) is 0.194. The molecule has 0 spiro atoms. The topological polar surface area (TPSA) is 84.2 Å². The normalized spacial score (nSPS) is 30.4. The second kappa shape index (κ2) is 7.91. The minimum absolute atomic E-state index is 0.173. The molecule has 4 aliphatic carbocycles. The summed E-state index contributed by atoms with van der Waals surface area (Å²) in [5, 5.41) is 17.6. The van der Waals surface area contributed by atoms with Crippen LogP contribution >= 0.6 is 11.6 Å². The molecule has 2 unspecified atom stereocenters. The Morgan fingerprint density at radius 2 is 2.03 bits per heavy atom. The van der Waals surface area contributed by atoms with Gasteiger partial charge in [-0.1, -0.05) is 41.4 Å². The number of aliphatic carboxylic acids is 1. The second-order valence-electron chi connectivity index (χ2n) is 10.5. The van der Waals surface area contributed by atoms with E-state index in [0.717, 1.165) is 38.5 Å². The molecule has 6 nitrogen and oxygen atoms in total. The lowest BCUT2D eigenvalue weighted by molar-refractivity contribution is -0.151. The Morgan fingerprint density at radius 3 is 2.72 bits per heavy atom. The van der Waals surface area contributed by atoms with Crippen molar-refractivity contribution in [3.63, 3.8) is 0 Å². The summed E-state index contributed by atoms with van der Waals surface area (Å²) >= 11 is 6.53. The third-order valence-corrected chi connectivity index (χ3v) is 8.22. The van der Waals surface area contributed by atoms with E-state index in [0.29, 0.717) is 30.5 Å². The number of hydrogen-bond acceptors (Lipinski definition) is 4. The molecule has 2 atom stereocenters. The van der Waals surface area contributed by atoms with Crippen LogP contribution in [0.25, 0.3) is 0 Å². The number of halogens is 1. The Morgan fingerprint density at radius 1 is 1.28 bits per heavy atom. The van der Waals surface area contributed by atoms with Gasteiger partial charge in [0.1, 0.15) is 5.02 Å². The smallest absolute Gasteiger partial charge is 0.303 e. The van der Waals surface area contributed by atoms with Gasteiger partial charge in [-0.3, -0.25) is 9.59 Å². The maximum Gasteiger partial charge on any atom is 0.303 e. The first kappa shape index (κ1) is 21.5. The van der Waals surface area contributed by atoms with Crippen LogP contribution in [-0.4, -0.2) is 27.4 Å². The van der Waals surface area contributed by atoms with Crippen LogP contribution in [0.2, 0.25) is 5.02 Å². The highest BCUT2D eigenvalue weighted by atomic mass is 35.5. The number of nitrogens with zero attached hydrogens (tertiary/aromatic N) is 2. The van der Waals surface area contributed by atoms with Gasteiger partial charge in [-0.15, -0.1) is 0 Å². The lowest BCUT2D eigenvalue weighted by Gasteiger charge is -2.61. The van der Waals surface area contributed by atoms with Crippen LogP contribution < -0.4 is 10.9 Å². The number of carboxylic acid groups (broad SMARTS) is 1. The molecule has 4 fully saturated rings. The maximum absolute atomic E-state index is 13.3. The van der Waals surface area contributed by atoms with Gasteiger partial charge in [0.15, 0.2) is 0 Å². The summed E-state index contributed by atoms with van der Waals surface area (Å²) in [6, 6.07) is 8.36. The summed E-state index contributed by atoms with van der Waals surface area (Å²) in [7, 11) is 0. The zero-order chi connectivity index (χ0) is 22.5. The van der Waals surface area contributed by atoms with Crippen LogP contribution in [0, 0.1) is 24.2 Å². The molecule has 1 heterocycles. The highest BCUT2D eigenvalue weighted by Crippen LogP contribution is 2.65. The van der Waals surface area contributed by atoms with Crippen molar-refractivity contribution in [1.82, 2.24) is 9.78 Å². The Labute approximate surface area is 193 Å². The Balaban J connectivity index is 1.37. The molecule has 32 heavy (non-hydrogen) atoms. The highest BCUT2D eigenvalue weighted by Gasteiger charge is 2.59. The molecule has 6 rings (SSSR count). The Hall–Kier alpha value is -2.34. The molecule has 1 aromatic carbocycles. The molecule has 0 aliphatic heterocycles. The third-order valence-electron chi connectivity index (χ3n) is 7.86. The summed E-state index contributed by atoms with van der Waals surface area (Å²) in [5.41, 5.74) is 2.13. The van der Waals surface area contributed by atoms with Crippen molar-refractivity contribution < 1.29 is 9.90 Å². The van der Waals surface area contributed by atoms with Crippen molar-refractivity contribution in [2.45, 2.75) is 63.8 Å². The molecule has 2 aromatic rings. The number of carboxylic acids is 1. The van der Waals surface area contributed by atoms with E-state index < -0.39 is 11.5 Å². The lowest BCUT2D eigenvalue weighted by Crippen LogP contribution is -2.59. The SMILES string of the molecule is Cc1cccc(CCNc2cnn(C34CC5CC(CC(CC(=O)O)(C5)C3)C4)c(=O)c2Cl)c1. The van der Waals surface area contributed by atoms with E-state index >= 15 is 0 Å². The number of carbonyl (C=O) groups is 1. The van der Waals surface area contributed by atoms with E-state index in [-0.39, 0.29) is 22.4 Å². The van der Waals surface area contributed by atoms with Gasteiger partial charge in [0.25, 0.3) is 5.56 Å². The van der Waals surface area contributed by atoms with E-state index in [4.69, 9.17) is 11.6 Å². The number of rotatable bonds is 7. The molecule has 4 aliphatic rings.